The summed E-state index contributed by atoms with van der Waals surface area (Å²) in [5.74, 6) is -1.05. The van der Waals surface area contributed by atoms with E-state index in [4.69, 9.17) is 5.26 Å². The predicted octanol–water partition coefficient (Wildman–Crippen LogP) is 3.79. The first-order chi connectivity index (χ1) is 15.9. The molecule has 3 amide bonds. The van der Waals surface area contributed by atoms with Gasteiger partial charge in [-0.05, 0) is 60.8 Å². The Kier molecular flexibility index (Phi) is 5.33. The van der Waals surface area contributed by atoms with Gasteiger partial charge in [0.05, 0.1) is 6.20 Å². The topological polar surface area (TPSA) is 128 Å². The van der Waals surface area contributed by atoms with Crippen LogP contribution in [0.25, 0.3) is 5.57 Å². The Bertz CT molecular complexity index is 1200. The van der Waals surface area contributed by atoms with E-state index in [-0.39, 0.29) is 42.1 Å². The van der Waals surface area contributed by atoms with Gasteiger partial charge in [-0.25, -0.2) is 4.98 Å². The SMILES string of the molecule is N#Cc1cnc(C(=O)Nc2ccc(C3CC(=O)NC(=O)C3)cc2C2=CCC3(CCC3)CC2)[nH]1. The lowest BCUT2D eigenvalue weighted by Crippen LogP contribution is -2.37. The van der Waals surface area contributed by atoms with Crippen LogP contribution in [0.1, 0.15) is 84.7 Å². The summed E-state index contributed by atoms with van der Waals surface area (Å²) in [6, 6.07) is 7.65. The van der Waals surface area contributed by atoms with Gasteiger partial charge in [0.1, 0.15) is 11.8 Å². The number of anilines is 1. The van der Waals surface area contributed by atoms with Crippen LogP contribution in [-0.4, -0.2) is 27.7 Å². The zero-order valence-electron chi connectivity index (χ0n) is 18.2. The van der Waals surface area contributed by atoms with Crippen LogP contribution >= 0.6 is 0 Å². The van der Waals surface area contributed by atoms with E-state index in [0.29, 0.717) is 11.1 Å². The highest BCUT2D eigenvalue weighted by atomic mass is 16.2. The van der Waals surface area contributed by atoms with Crippen LogP contribution in [0.15, 0.2) is 30.5 Å². The monoisotopic (exact) mass is 443 g/mol. The summed E-state index contributed by atoms with van der Waals surface area (Å²) in [5.41, 5.74) is 4.33. The third-order valence-electron chi connectivity index (χ3n) is 7.28. The van der Waals surface area contributed by atoms with Crippen molar-refractivity contribution in [2.75, 3.05) is 5.32 Å². The molecule has 3 aliphatic rings. The zero-order valence-corrected chi connectivity index (χ0v) is 18.2. The molecule has 168 valence electrons. The number of hydrogen-bond donors (Lipinski definition) is 3. The molecule has 0 bridgehead atoms. The van der Waals surface area contributed by atoms with Crippen LogP contribution in [0, 0.1) is 16.7 Å². The van der Waals surface area contributed by atoms with Crippen molar-refractivity contribution >= 4 is 29.0 Å². The highest BCUT2D eigenvalue weighted by Gasteiger charge is 2.38. The molecule has 5 rings (SSSR count). The quantitative estimate of drug-likeness (QED) is 0.620. The summed E-state index contributed by atoms with van der Waals surface area (Å²) in [6.07, 6.45) is 11.1. The number of imide groups is 1. The van der Waals surface area contributed by atoms with Gasteiger partial charge in [-0.3, -0.25) is 19.7 Å². The molecule has 33 heavy (non-hydrogen) atoms. The summed E-state index contributed by atoms with van der Waals surface area (Å²) in [7, 11) is 0. The van der Waals surface area contributed by atoms with Gasteiger partial charge in [-0.1, -0.05) is 18.6 Å². The number of aromatic amines is 1. The van der Waals surface area contributed by atoms with Crippen LogP contribution in [0.5, 0.6) is 0 Å². The fourth-order valence-electron chi connectivity index (χ4n) is 5.20. The highest BCUT2D eigenvalue weighted by Crippen LogP contribution is 2.52. The number of rotatable bonds is 4. The van der Waals surface area contributed by atoms with Gasteiger partial charge in [-0.2, -0.15) is 5.26 Å². The molecule has 3 N–H and O–H groups in total. The van der Waals surface area contributed by atoms with Gasteiger partial charge < -0.3 is 10.3 Å². The van der Waals surface area contributed by atoms with Crippen LogP contribution < -0.4 is 10.6 Å². The second-order valence-electron chi connectivity index (χ2n) is 9.38. The number of imidazole rings is 1. The second kappa shape index (κ2) is 8.32. The molecule has 0 radical (unpaired) electrons. The third-order valence-corrected chi connectivity index (χ3v) is 7.28. The molecule has 2 fully saturated rings. The van der Waals surface area contributed by atoms with Crippen molar-refractivity contribution in [2.24, 2.45) is 5.41 Å². The smallest absolute Gasteiger partial charge is 0.291 e. The maximum absolute atomic E-state index is 12.8. The molecule has 2 aliphatic carbocycles. The number of piperidine rings is 1. The molecule has 8 heteroatoms. The van der Waals surface area contributed by atoms with E-state index in [2.05, 4.69) is 26.7 Å². The van der Waals surface area contributed by atoms with Crippen molar-refractivity contribution in [1.29, 1.82) is 5.26 Å². The Morgan fingerprint density at radius 1 is 1.18 bits per heavy atom. The van der Waals surface area contributed by atoms with Crippen LogP contribution in [0.4, 0.5) is 5.69 Å². The van der Waals surface area contributed by atoms with E-state index in [1.165, 1.54) is 31.0 Å². The van der Waals surface area contributed by atoms with Gasteiger partial charge >= 0.3 is 0 Å². The molecule has 0 atom stereocenters. The zero-order chi connectivity index (χ0) is 23.0. The van der Waals surface area contributed by atoms with Gasteiger partial charge in [0.25, 0.3) is 5.91 Å². The molecule has 2 aromatic rings. The van der Waals surface area contributed by atoms with E-state index in [9.17, 15) is 14.4 Å². The minimum absolute atomic E-state index is 0.0715. The number of H-pyrrole nitrogens is 1. The summed E-state index contributed by atoms with van der Waals surface area (Å²) >= 11 is 0. The highest BCUT2D eigenvalue weighted by molar-refractivity contribution is 6.03. The fourth-order valence-corrected chi connectivity index (χ4v) is 5.20. The largest absolute Gasteiger partial charge is 0.326 e. The van der Waals surface area contributed by atoms with E-state index in [1.807, 2.05) is 24.3 Å². The number of nitrogens with zero attached hydrogens (tertiary/aromatic N) is 2. The number of hydrogen-bond acceptors (Lipinski definition) is 5. The number of carbonyl (C=O) groups is 3. The van der Waals surface area contributed by atoms with E-state index in [1.54, 1.807) is 0 Å². The molecule has 1 saturated heterocycles. The molecule has 8 nitrogen and oxygen atoms in total. The number of amides is 3. The second-order valence-corrected chi connectivity index (χ2v) is 9.38. The summed E-state index contributed by atoms with van der Waals surface area (Å²) in [6.45, 7) is 0. The molecule has 0 unspecified atom stereocenters. The van der Waals surface area contributed by atoms with Crippen molar-refractivity contribution in [2.45, 2.75) is 57.3 Å². The Morgan fingerprint density at radius 3 is 2.58 bits per heavy atom. The minimum Gasteiger partial charge on any atom is -0.326 e. The van der Waals surface area contributed by atoms with Crippen molar-refractivity contribution in [3.05, 3.63) is 53.1 Å². The van der Waals surface area contributed by atoms with Crippen molar-refractivity contribution in [3.8, 4) is 6.07 Å². The van der Waals surface area contributed by atoms with Gasteiger partial charge in [0, 0.05) is 30.0 Å². The number of allylic oxidation sites excluding steroid dienone is 2. The molecular weight excluding hydrogens is 418 g/mol. The Balaban J connectivity index is 1.47. The van der Waals surface area contributed by atoms with Crippen LogP contribution in [0.3, 0.4) is 0 Å². The average Bonchev–Trinajstić information content (AvgIpc) is 3.27. The number of nitriles is 1. The fraction of sp³-hybridized carbons (Fsp3) is 0.400. The average molecular weight is 444 g/mol. The van der Waals surface area contributed by atoms with E-state index >= 15 is 0 Å². The predicted molar refractivity (Wildman–Crippen MR) is 121 cm³/mol. The number of benzene rings is 1. The Labute approximate surface area is 191 Å². The Hall–Kier alpha value is -3.73. The lowest BCUT2D eigenvalue weighted by molar-refractivity contribution is -0.133. The molecule has 1 aromatic heterocycles. The normalized spacial score (nSPS) is 19.9. The molecule has 1 aliphatic heterocycles. The molecular formula is C25H25N5O3. The molecule has 1 aromatic carbocycles. The Morgan fingerprint density at radius 2 is 1.97 bits per heavy atom. The van der Waals surface area contributed by atoms with Gasteiger partial charge in [-0.15, -0.1) is 0 Å². The number of carbonyl (C=O) groups excluding carboxylic acids is 3. The first-order valence-electron chi connectivity index (χ1n) is 11.4. The molecule has 1 spiro atoms. The molecule has 1 saturated carbocycles. The maximum atomic E-state index is 12.8. The lowest BCUT2D eigenvalue weighted by atomic mass is 9.61. The molecule has 2 heterocycles. The van der Waals surface area contributed by atoms with Crippen molar-refractivity contribution < 1.29 is 14.4 Å². The summed E-state index contributed by atoms with van der Waals surface area (Å²) < 4.78 is 0. The van der Waals surface area contributed by atoms with Crippen molar-refractivity contribution in [3.63, 3.8) is 0 Å². The number of nitrogens with one attached hydrogen (secondary N) is 3. The van der Waals surface area contributed by atoms with E-state index in [0.717, 1.165) is 30.4 Å². The number of aromatic nitrogens is 2. The standard InChI is InChI=1S/C25H25N5O3/c26-13-18-14-27-23(28-18)24(33)29-20-3-2-16(17-11-21(31)30-22(32)12-17)10-19(20)15-4-8-25(9-5-15)6-1-7-25/h2-4,10,14,17H,1,5-9,11-12H2,(H,27,28)(H,29,33)(H,30,31,32). The van der Waals surface area contributed by atoms with Crippen LogP contribution in [-0.2, 0) is 9.59 Å². The lowest BCUT2D eigenvalue weighted by Gasteiger charge is -2.44. The maximum Gasteiger partial charge on any atom is 0.291 e. The van der Waals surface area contributed by atoms with Gasteiger partial charge in [0.2, 0.25) is 11.8 Å². The first-order valence-corrected chi connectivity index (χ1v) is 11.4. The summed E-state index contributed by atoms with van der Waals surface area (Å²) in [4.78, 5) is 43.3. The third kappa shape index (κ3) is 4.19. The first kappa shape index (κ1) is 21.1. The summed E-state index contributed by atoms with van der Waals surface area (Å²) in [5, 5.41) is 14.3. The van der Waals surface area contributed by atoms with Crippen LogP contribution in [0.2, 0.25) is 0 Å². The minimum atomic E-state index is -0.426. The van der Waals surface area contributed by atoms with E-state index < -0.39 is 5.91 Å². The van der Waals surface area contributed by atoms with Crippen molar-refractivity contribution in [1.82, 2.24) is 15.3 Å². The van der Waals surface area contributed by atoms with Gasteiger partial charge in [0.15, 0.2) is 5.82 Å².